The SMILES string of the molecule is Cc1cc(Nc2nc(N3CCC(CN)CC3)cnc2C(N)=O)sn1. The number of nitrogens with zero attached hydrogens (tertiary/aromatic N) is 4. The van der Waals surface area contributed by atoms with E-state index in [9.17, 15) is 4.79 Å². The molecular weight excluding hydrogens is 326 g/mol. The number of piperidine rings is 1. The first kappa shape index (κ1) is 16.6. The van der Waals surface area contributed by atoms with Gasteiger partial charge in [-0.05, 0) is 49.8 Å². The van der Waals surface area contributed by atoms with Crippen LogP contribution in [0.1, 0.15) is 29.0 Å². The number of carbonyl (C=O) groups is 1. The highest BCUT2D eigenvalue weighted by Gasteiger charge is 2.21. The highest BCUT2D eigenvalue weighted by atomic mass is 32.1. The fourth-order valence-electron chi connectivity index (χ4n) is 2.74. The van der Waals surface area contributed by atoms with Crippen molar-refractivity contribution < 1.29 is 4.79 Å². The molecule has 24 heavy (non-hydrogen) atoms. The summed E-state index contributed by atoms with van der Waals surface area (Å²) < 4.78 is 4.21. The third kappa shape index (κ3) is 3.62. The van der Waals surface area contributed by atoms with Gasteiger partial charge in [0.25, 0.3) is 5.91 Å². The molecule has 0 aromatic carbocycles. The largest absolute Gasteiger partial charge is 0.364 e. The minimum Gasteiger partial charge on any atom is -0.364 e. The number of aromatic nitrogens is 3. The van der Waals surface area contributed by atoms with Gasteiger partial charge >= 0.3 is 0 Å². The number of nitrogens with two attached hydrogens (primary N) is 2. The van der Waals surface area contributed by atoms with Crippen LogP contribution in [0.25, 0.3) is 0 Å². The molecule has 1 aliphatic rings. The first-order valence-corrected chi connectivity index (χ1v) is 8.66. The predicted molar refractivity (Wildman–Crippen MR) is 94.7 cm³/mol. The molecule has 2 aromatic rings. The number of amides is 1. The van der Waals surface area contributed by atoms with Crippen LogP contribution in [0.15, 0.2) is 12.3 Å². The third-order valence-electron chi connectivity index (χ3n) is 4.13. The van der Waals surface area contributed by atoms with Crippen LogP contribution in [0.5, 0.6) is 0 Å². The average molecular weight is 347 g/mol. The summed E-state index contributed by atoms with van der Waals surface area (Å²) in [4.78, 5) is 22.6. The van der Waals surface area contributed by atoms with Crippen LogP contribution >= 0.6 is 11.5 Å². The van der Waals surface area contributed by atoms with Crippen molar-refractivity contribution in [1.29, 1.82) is 0 Å². The van der Waals surface area contributed by atoms with Crippen LogP contribution in [0.3, 0.4) is 0 Å². The van der Waals surface area contributed by atoms with Gasteiger partial charge in [-0.1, -0.05) is 0 Å². The smallest absolute Gasteiger partial charge is 0.271 e. The molecule has 1 saturated heterocycles. The van der Waals surface area contributed by atoms with Gasteiger partial charge in [0.05, 0.1) is 11.9 Å². The van der Waals surface area contributed by atoms with Gasteiger partial charge in [0, 0.05) is 13.1 Å². The molecule has 1 fully saturated rings. The summed E-state index contributed by atoms with van der Waals surface area (Å²) in [6.45, 7) is 4.38. The molecule has 0 spiro atoms. The molecular formula is C15H21N7OS. The van der Waals surface area contributed by atoms with E-state index in [1.54, 1.807) is 6.20 Å². The highest BCUT2D eigenvalue weighted by Crippen LogP contribution is 2.26. The van der Waals surface area contributed by atoms with Crippen molar-refractivity contribution in [3.8, 4) is 0 Å². The number of aryl methyl sites for hydroxylation is 1. The van der Waals surface area contributed by atoms with Gasteiger partial charge in [0.15, 0.2) is 11.5 Å². The Morgan fingerprint density at radius 2 is 2.21 bits per heavy atom. The highest BCUT2D eigenvalue weighted by molar-refractivity contribution is 7.10. The number of hydrogen-bond donors (Lipinski definition) is 3. The Hall–Kier alpha value is -2.26. The van der Waals surface area contributed by atoms with E-state index < -0.39 is 5.91 Å². The van der Waals surface area contributed by atoms with E-state index in [0.717, 1.165) is 49.0 Å². The van der Waals surface area contributed by atoms with Gasteiger partial charge < -0.3 is 21.7 Å². The molecule has 1 aliphatic heterocycles. The number of anilines is 3. The molecule has 2 aromatic heterocycles. The van der Waals surface area contributed by atoms with Crippen LogP contribution < -0.4 is 21.7 Å². The van der Waals surface area contributed by atoms with Crippen LogP contribution in [-0.4, -0.2) is 39.9 Å². The second kappa shape index (κ2) is 7.10. The lowest BCUT2D eigenvalue weighted by Gasteiger charge is -2.32. The van der Waals surface area contributed by atoms with Crippen molar-refractivity contribution in [2.45, 2.75) is 19.8 Å². The maximum atomic E-state index is 11.6. The summed E-state index contributed by atoms with van der Waals surface area (Å²) in [5.74, 6) is 1.06. The maximum absolute atomic E-state index is 11.6. The van der Waals surface area contributed by atoms with E-state index in [4.69, 9.17) is 11.5 Å². The van der Waals surface area contributed by atoms with E-state index in [1.165, 1.54) is 11.5 Å². The third-order valence-corrected chi connectivity index (χ3v) is 4.93. The van der Waals surface area contributed by atoms with E-state index >= 15 is 0 Å². The van der Waals surface area contributed by atoms with Crippen LogP contribution in [0.2, 0.25) is 0 Å². The van der Waals surface area contributed by atoms with E-state index in [-0.39, 0.29) is 5.69 Å². The summed E-state index contributed by atoms with van der Waals surface area (Å²) >= 11 is 1.30. The number of primary amides is 1. The quantitative estimate of drug-likeness (QED) is 0.744. The predicted octanol–water partition coefficient (Wildman–Crippen LogP) is 1.26. The summed E-state index contributed by atoms with van der Waals surface area (Å²) in [5, 5.41) is 3.90. The molecule has 8 nitrogen and oxygen atoms in total. The zero-order valence-corrected chi connectivity index (χ0v) is 14.3. The van der Waals surface area contributed by atoms with E-state index in [2.05, 4.69) is 24.6 Å². The Balaban J connectivity index is 1.84. The molecule has 128 valence electrons. The lowest BCUT2D eigenvalue weighted by molar-refractivity contribution is 0.0996. The second-order valence-corrected chi connectivity index (χ2v) is 6.72. The normalized spacial score (nSPS) is 15.5. The molecule has 0 saturated carbocycles. The monoisotopic (exact) mass is 347 g/mol. The average Bonchev–Trinajstić information content (AvgIpc) is 2.99. The Labute approximate surface area is 144 Å². The second-order valence-electron chi connectivity index (χ2n) is 5.91. The van der Waals surface area contributed by atoms with Crippen LogP contribution in [0, 0.1) is 12.8 Å². The Morgan fingerprint density at radius 3 is 2.79 bits per heavy atom. The minimum absolute atomic E-state index is 0.127. The zero-order valence-electron chi connectivity index (χ0n) is 13.5. The topological polar surface area (TPSA) is 123 Å². The standard InChI is InChI=1S/C15H21N7OS/c1-9-6-12(24-21-9)20-15-13(14(17)23)18-8-11(19-15)22-4-2-10(7-16)3-5-22/h6,8,10H,2-5,7,16H2,1H3,(H2,17,23)(H,19,20). The molecule has 0 unspecified atom stereocenters. The van der Waals surface area contributed by atoms with Crippen molar-refractivity contribution in [2.75, 3.05) is 29.9 Å². The van der Waals surface area contributed by atoms with Crippen molar-refractivity contribution in [3.63, 3.8) is 0 Å². The molecule has 5 N–H and O–H groups in total. The van der Waals surface area contributed by atoms with Gasteiger partial charge in [-0.25, -0.2) is 9.97 Å². The molecule has 9 heteroatoms. The van der Waals surface area contributed by atoms with Crippen molar-refractivity contribution >= 4 is 34.1 Å². The lowest BCUT2D eigenvalue weighted by Crippen LogP contribution is -2.36. The first-order valence-electron chi connectivity index (χ1n) is 7.89. The van der Waals surface area contributed by atoms with E-state index in [0.29, 0.717) is 11.7 Å². The summed E-state index contributed by atoms with van der Waals surface area (Å²) in [6.07, 6.45) is 3.67. The van der Waals surface area contributed by atoms with Crippen molar-refractivity contribution in [2.24, 2.45) is 17.4 Å². The van der Waals surface area contributed by atoms with Crippen molar-refractivity contribution in [1.82, 2.24) is 14.3 Å². The molecule has 0 bridgehead atoms. The van der Waals surface area contributed by atoms with Gasteiger partial charge in [-0.15, -0.1) is 0 Å². The molecule has 0 radical (unpaired) electrons. The van der Waals surface area contributed by atoms with Gasteiger partial charge in [-0.3, -0.25) is 4.79 Å². The fourth-order valence-corrected chi connectivity index (χ4v) is 3.40. The minimum atomic E-state index is -0.611. The number of carbonyl (C=O) groups excluding carboxylic acids is 1. The molecule has 0 aliphatic carbocycles. The number of nitrogens with one attached hydrogen (secondary N) is 1. The molecule has 0 atom stereocenters. The van der Waals surface area contributed by atoms with Crippen LogP contribution in [-0.2, 0) is 0 Å². The van der Waals surface area contributed by atoms with Crippen molar-refractivity contribution in [3.05, 3.63) is 23.7 Å². The molecule has 3 rings (SSSR count). The van der Waals surface area contributed by atoms with Gasteiger partial charge in [0.2, 0.25) is 0 Å². The summed E-state index contributed by atoms with van der Waals surface area (Å²) in [7, 11) is 0. The lowest BCUT2D eigenvalue weighted by atomic mass is 9.97. The number of hydrogen-bond acceptors (Lipinski definition) is 8. The first-order chi connectivity index (χ1) is 11.6. The zero-order chi connectivity index (χ0) is 17.1. The van der Waals surface area contributed by atoms with Gasteiger partial charge in [-0.2, -0.15) is 4.37 Å². The summed E-state index contributed by atoms with van der Waals surface area (Å²) in [5.41, 5.74) is 12.2. The number of rotatable bonds is 5. The Kier molecular flexibility index (Phi) is 4.91. The Bertz CT molecular complexity index is 724. The fraction of sp³-hybridized carbons (Fsp3) is 0.467. The summed E-state index contributed by atoms with van der Waals surface area (Å²) in [6, 6.07) is 1.89. The van der Waals surface area contributed by atoms with Gasteiger partial charge in [0.1, 0.15) is 10.8 Å². The molecule has 1 amide bonds. The van der Waals surface area contributed by atoms with E-state index in [1.807, 2.05) is 13.0 Å². The Morgan fingerprint density at radius 1 is 1.46 bits per heavy atom. The van der Waals surface area contributed by atoms with Crippen LogP contribution in [0.4, 0.5) is 16.6 Å². The molecule has 3 heterocycles. The maximum Gasteiger partial charge on any atom is 0.271 e.